The number of carbonyl (C=O) groups is 3. The molecular weight excluding hydrogens is 502 g/mol. The Morgan fingerprint density at radius 1 is 1.03 bits per heavy atom. The van der Waals surface area contributed by atoms with Crippen molar-refractivity contribution in [1.29, 1.82) is 0 Å². The number of carbonyl (C=O) groups excluding carboxylic acids is 3. The van der Waals surface area contributed by atoms with E-state index < -0.39 is 17.6 Å². The van der Waals surface area contributed by atoms with Crippen LogP contribution in [0.1, 0.15) is 60.6 Å². The Kier molecular flexibility index (Phi) is 7.98. The van der Waals surface area contributed by atoms with Gasteiger partial charge in [0, 0.05) is 28.5 Å². The van der Waals surface area contributed by atoms with E-state index in [-0.39, 0.29) is 18.2 Å². The van der Waals surface area contributed by atoms with E-state index in [1.54, 1.807) is 57.2 Å². The van der Waals surface area contributed by atoms with Crippen molar-refractivity contribution in [3.63, 3.8) is 0 Å². The van der Waals surface area contributed by atoms with Crippen molar-refractivity contribution in [2.45, 2.75) is 46.3 Å². The summed E-state index contributed by atoms with van der Waals surface area (Å²) in [6.45, 7) is 7.78. The molecule has 9 heteroatoms. The molecule has 34 heavy (non-hydrogen) atoms. The number of rotatable bonds is 6. The van der Waals surface area contributed by atoms with Gasteiger partial charge in [0.2, 0.25) is 0 Å². The molecule has 0 spiro atoms. The Morgan fingerprint density at radius 2 is 1.74 bits per heavy atom. The second kappa shape index (κ2) is 10.7. The molecular formula is C25H28BrN3O5. The molecule has 180 valence electrons. The number of ether oxygens (including phenoxy) is 1. The van der Waals surface area contributed by atoms with Crippen molar-refractivity contribution in [3.8, 4) is 0 Å². The van der Waals surface area contributed by atoms with Gasteiger partial charge in [-0.25, -0.2) is 9.80 Å². The van der Waals surface area contributed by atoms with Crippen LogP contribution in [0.3, 0.4) is 0 Å². The van der Waals surface area contributed by atoms with Crippen LogP contribution >= 0.6 is 15.9 Å². The van der Waals surface area contributed by atoms with E-state index >= 15 is 0 Å². The van der Waals surface area contributed by atoms with Gasteiger partial charge in [0.05, 0.1) is 0 Å². The van der Waals surface area contributed by atoms with Gasteiger partial charge in [0.1, 0.15) is 11.2 Å². The fourth-order valence-electron chi connectivity index (χ4n) is 3.09. The van der Waals surface area contributed by atoms with E-state index in [2.05, 4.69) is 26.7 Å². The number of hydrazine groups is 1. The third-order valence-corrected chi connectivity index (χ3v) is 5.16. The van der Waals surface area contributed by atoms with Crippen molar-refractivity contribution >= 4 is 44.8 Å². The van der Waals surface area contributed by atoms with E-state index in [0.717, 1.165) is 15.4 Å². The average molecular weight is 530 g/mol. The lowest BCUT2D eigenvalue weighted by Crippen LogP contribution is -2.48. The Bertz CT molecular complexity index is 1180. The van der Waals surface area contributed by atoms with Crippen LogP contribution in [0, 0.1) is 0 Å². The minimum absolute atomic E-state index is 0.224. The summed E-state index contributed by atoms with van der Waals surface area (Å²) >= 11 is 3.40. The van der Waals surface area contributed by atoms with Crippen LogP contribution in [-0.2, 0) is 11.3 Å². The second-order valence-electron chi connectivity index (χ2n) is 8.75. The number of halogens is 1. The van der Waals surface area contributed by atoms with Crippen LogP contribution < -0.4 is 10.7 Å². The third kappa shape index (κ3) is 6.84. The first kappa shape index (κ1) is 25.3. The molecule has 0 saturated carbocycles. The van der Waals surface area contributed by atoms with Crippen LogP contribution in [0.5, 0.6) is 0 Å². The molecule has 0 radical (unpaired) electrons. The predicted molar refractivity (Wildman–Crippen MR) is 132 cm³/mol. The molecule has 0 bridgehead atoms. The summed E-state index contributed by atoms with van der Waals surface area (Å²) in [4.78, 5) is 37.4. The topological polar surface area (TPSA) is 101 Å². The van der Waals surface area contributed by atoms with E-state index in [4.69, 9.17) is 9.15 Å². The summed E-state index contributed by atoms with van der Waals surface area (Å²) in [7, 11) is 0. The van der Waals surface area contributed by atoms with Crippen molar-refractivity contribution in [2.24, 2.45) is 0 Å². The zero-order valence-corrected chi connectivity index (χ0v) is 21.2. The van der Waals surface area contributed by atoms with Crippen molar-refractivity contribution in [3.05, 3.63) is 69.9 Å². The highest BCUT2D eigenvalue weighted by atomic mass is 79.9. The van der Waals surface area contributed by atoms with E-state index in [0.29, 0.717) is 24.1 Å². The van der Waals surface area contributed by atoms with Crippen molar-refractivity contribution in [1.82, 2.24) is 15.8 Å². The number of nitrogens with zero attached hydrogens (tertiary/aromatic N) is 1. The molecule has 0 saturated heterocycles. The molecule has 0 aliphatic rings. The second-order valence-corrected chi connectivity index (χ2v) is 9.66. The molecule has 8 nitrogen and oxygen atoms in total. The molecule has 0 aliphatic heterocycles. The van der Waals surface area contributed by atoms with Gasteiger partial charge in [-0.15, -0.1) is 0 Å². The highest BCUT2D eigenvalue weighted by Crippen LogP contribution is 2.23. The molecule has 2 aromatic carbocycles. The van der Waals surface area contributed by atoms with Gasteiger partial charge in [-0.1, -0.05) is 35.0 Å². The highest BCUT2D eigenvalue weighted by Gasteiger charge is 2.23. The van der Waals surface area contributed by atoms with Crippen molar-refractivity contribution in [2.75, 3.05) is 6.54 Å². The predicted octanol–water partition coefficient (Wildman–Crippen LogP) is 5.42. The largest absolute Gasteiger partial charge is 0.451 e. The Labute approximate surface area is 206 Å². The maximum absolute atomic E-state index is 12.6. The molecule has 0 atom stereocenters. The third-order valence-electron chi connectivity index (χ3n) is 4.67. The summed E-state index contributed by atoms with van der Waals surface area (Å²) in [5.74, 6) is -0.535. The van der Waals surface area contributed by atoms with Crippen molar-refractivity contribution < 1.29 is 23.5 Å². The van der Waals surface area contributed by atoms with E-state index in [9.17, 15) is 14.4 Å². The smallest absolute Gasteiger partial charge is 0.429 e. The number of amides is 3. The molecule has 2 N–H and O–H groups in total. The van der Waals surface area contributed by atoms with Gasteiger partial charge in [0.25, 0.3) is 11.8 Å². The molecule has 3 amide bonds. The highest BCUT2D eigenvalue weighted by molar-refractivity contribution is 9.10. The average Bonchev–Trinajstić information content (AvgIpc) is 3.19. The van der Waals surface area contributed by atoms with Crippen LogP contribution in [0.15, 0.2) is 57.4 Å². The lowest BCUT2D eigenvalue weighted by atomic mass is 10.1. The van der Waals surface area contributed by atoms with Crippen LogP contribution in [0.25, 0.3) is 11.0 Å². The lowest BCUT2D eigenvalue weighted by molar-refractivity contribution is 0.0133. The lowest BCUT2D eigenvalue weighted by Gasteiger charge is -2.27. The number of nitrogens with one attached hydrogen (secondary N) is 2. The molecule has 0 fully saturated rings. The normalized spacial score (nSPS) is 11.2. The summed E-state index contributed by atoms with van der Waals surface area (Å²) < 4.78 is 11.9. The quantitative estimate of drug-likeness (QED) is 0.415. The van der Waals surface area contributed by atoms with Gasteiger partial charge < -0.3 is 14.5 Å². The zero-order valence-electron chi connectivity index (χ0n) is 19.6. The zero-order chi connectivity index (χ0) is 24.9. The SMILES string of the molecule is CCCN(NC(=O)c1ccc(CNC(=O)c2cc3cc(Br)ccc3o2)cc1)C(=O)OC(C)(C)C. The molecule has 3 rings (SSSR count). The molecule has 0 unspecified atom stereocenters. The number of fused-ring (bicyclic) bond motifs is 1. The molecule has 1 heterocycles. The first-order valence-corrected chi connectivity index (χ1v) is 11.7. The van der Waals surface area contributed by atoms with Gasteiger partial charge in [-0.2, -0.15) is 0 Å². The van der Waals surface area contributed by atoms with E-state index in [1.165, 1.54) is 5.01 Å². The summed E-state index contributed by atoms with van der Waals surface area (Å²) in [6, 6.07) is 14.0. The molecule has 3 aromatic rings. The standard InChI is InChI=1S/C25H28BrN3O5/c1-5-12-29(24(32)34-25(2,3)4)28-22(30)17-8-6-16(7-9-17)15-27-23(31)21-14-18-13-19(26)10-11-20(18)33-21/h6-11,13-14H,5,12,15H2,1-4H3,(H,27,31)(H,28,30). The monoisotopic (exact) mass is 529 g/mol. The van der Waals surface area contributed by atoms with Crippen LogP contribution in [0.2, 0.25) is 0 Å². The van der Waals surface area contributed by atoms with E-state index in [1.807, 2.05) is 19.1 Å². The van der Waals surface area contributed by atoms with Gasteiger partial charge in [0.15, 0.2) is 5.76 Å². The van der Waals surface area contributed by atoms with Crippen LogP contribution in [-0.4, -0.2) is 35.1 Å². The number of furan rings is 1. The minimum Gasteiger partial charge on any atom is -0.451 e. The number of benzene rings is 2. The minimum atomic E-state index is -0.668. The fraction of sp³-hybridized carbons (Fsp3) is 0.320. The van der Waals surface area contributed by atoms with Gasteiger partial charge >= 0.3 is 6.09 Å². The summed E-state index contributed by atoms with van der Waals surface area (Å²) in [6.07, 6.45) is 0.0423. The molecule has 1 aromatic heterocycles. The fourth-order valence-corrected chi connectivity index (χ4v) is 3.47. The molecule has 0 aliphatic carbocycles. The maximum Gasteiger partial charge on any atom is 0.429 e. The first-order chi connectivity index (χ1) is 16.1. The van der Waals surface area contributed by atoms with Gasteiger partial charge in [-0.05, 0) is 69.2 Å². The first-order valence-electron chi connectivity index (χ1n) is 10.9. The Morgan fingerprint density at radius 3 is 2.38 bits per heavy atom. The number of hydrogen-bond donors (Lipinski definition) is 2. The maximum atomic E-state index is 12.6. The summed E-state index contributed by atoms with van der Waals surface area (Å²) in [5, 5.41) is 4.82. The number of hydrogen-bond acceptors (Lipinski definition) is 5. The van der Waals surface area contributed by atoms with Crippen LogP contribution in [0.4, 0.5) is 4.79 Å². The van der Waals surface area contributed by atoms with Gasteiger partial charge in [-0.3, -0.25) is 15.0 Å². The Balaban J connectivity index is 1.58. The summed E-state index contributed by atoms with van der Waals surface area (Å²) in [5.41, 5.74) is 3.75. The Hall–Kier alpha value is -3.33.